The van der Waals surface area contributed by atoms with Crippen molar-refractivity contribution in [1.29, 1.82) is 0 Å². The first-order valence-corrected chi connectivity index (χ1v) is 8.02. The Morgan fingerprint density at radius 1 is 1.24 bits per heavy atom. The molecule has 0 aliphatic heterocycles. The fourth-order valence-corrected chi connectivity index (χ4v) is 2.98. The minimum atomic E-state index is -3.45. The maximum atomic E-state index is 12.0. The van der Waals surface area contributed by atoms with Crippen molar-refractivity contribution >= 4 is 21.6 Å². The Morgan fingerprint density at radius 3 is 2.33 bits per heavy atom. The van der Waals surface area contributed by atoms with Gasteiger partial charge in [-0.1, -0.05) is 12.2 Å². The van der Waals surface area contributed by atoms with E-state index in [2.05, 4.69) is 5.32 Å². The summed E-state index contributed by atoms with van der Waals surface area (Å²) in [6, 6.07) is 6.02. The molecule has 2 unspecified atom stereocenters. The van der Waals surface area contributed by atoms with Crippen molar-refractivity contribution < 1.29 is 13.2 Å². The van der Waals surface area contributed by atoms with Crippen molar-refractivity contribution in [3.8, 4) is 0 Å². The third-order valence-corrected chi connectivity index (χ3v) is 5.18. The molecule has 2 atom stereocenters. The van der Waals surface area contributed by atoms with Crippen LogP contribution in [-0.2, 0) is 14.8 Å². The lowest BCUT2D eigenvalue weighted by molar-refractivity contribution is -0.118. The van der Waals surface area contributed by atoms with Gasteiger partial charge in [-0.25, -0.2) is 12.7 Å². The maximum Gasteiger partial charge on any atom is 0.242 e. The standard InChI is InChI=1S/C14H19N3O3S/c1-17(2)21(19,20)13-7-5-12(6-8-13)16-14(18)10-3-4-11(15)9-10/h3-8,10-11H,9,15H2,1-2H3,(H,16,18). The summed E-state index contributed by atoms with van der Waals surface area (Å²) in [6.45, 7) is 0. The van der Waals surface area contributed by atoms with E-state index >= 15 is 0 Å². The molecule has 0 aromatic heterocycles. The van der Waals surface area contributed by atoms with Crippen LogP contribution in [0.1, 0.15) is 6.42 Å². The minimum absolute atomic E-state index is 0.0756. The summed E-state index contributed by atoms with van der Waals surface area (Å²) in [7, 11) is -0.506. The van der Waals surface area contributed by atoms with E-state index in [1.54, 1.807) is 18.2 Å². The molecule has 0 fully saturated rings. The van der Waals surface area contributed by atoms with E-state index in [4.69, 9.17) is 5.73 Å². The van der Waals surface area contributed by atoms with Crippen molar-refractivity contribution in [3.63, 3.8) is 0 Å². The predicted molar refractivity (Wildman–Crippen MR) is 81.2 cm³/mol. The van der Waals surface area contributed by atoms with Crippen molar-refractivity contribution in [3.05, 3.63) is 36.4 Å². The molecule has 2 rings (SSSR count). The fourth-order valence-electron chi connectivity index (χ4n) is 2.08. The molecule has 114 valence electrons. The number of nitrogens with zero attached hydrogens (tertiary/aromatic N) is 1. The molecule has 0 radical (unpaired) electrons. The summed E-state index contributed by atoms with van der Waals surface area (Å²) in [5.41, 5.74) is 6.28. The molecule has 3 N–H and O–H groups in total. The minimum Gasteiger partial charge on any atom is -0.326 e. The third-order valence-electron chi connectivity index (χ3n) is 3.35. The average molecular weight is 309 g/mol. The van der Waals surface area contributed by atoms with Gasteiger partial charge in [-0.05, 0) is 30.7 Å². The van der Waals surface area contributed by atoms with Crippen LogP contribution in [0.25, 0.3) is 0 Å². The summed E-state index contributed by atoms with van der Waals surface area (Å²) in [5.74, 6) is -0.368. The van der Waals surface area contributed by atoms with E-state index in [1.165, 1.54) is 26.2 Å². The molecule has 0 spiro atoms. The SMILES string of the molecule is CN(C)S(=O)(=O)c1ccc(NC(=O)C2C=CC(N)C2)cc1. The van der Waals surface area contributed by atoms with Crippen molar-refractivity contribution in [2.24, 2.45) is 11.7 Å². The van der Waals surface area contributed by atoms with Gasteiger partial charge in [0.25, 0.3) is 0 Å². The smallest absolute Gasteiger partial charge is 0.242 e. The number of nitrogens with one attached hydrogen (secondary N) is 1. The Kier molecular flexibility index (Phi) is 4.46. The second kappa shape index (κ2) is 5.97. The number of amides is 1. The number of anilines is 1. The molecule has 21 heavy (non-hydrogen) atoms. The molecular formula is C14H19N3O3S. The first kappa shape index (κ1) is 15.7. The quantitative estimate of drug-likeness (QED) is 0.804. The number of benzene rings is 1. The fraction of sp³-hybridized carbons (Fsp3) is 0.357. The van der Waals surface area contributed by atoms with E-state index in [0.717, 1.165) is 4.31 Å². The highest BCUT2D eigenvalue weighted by Crippen LogP contribution is 2.20. The molecular weight excluding hydrogens is 290 g/mol. The second-order valence-corrected chi connectivity index (χ2v) is 7.34. The van der Waals surface area contributed by atoms with Crippen molar-refractivity contribution in [1.82, 2.24) is 4.31 Å². The van der Waals surface area contributed by atoms with Crippen LogP contribution in [0.4, 0.5) is 5.69 Å². The molecule has 1 aliphatic carbocycles. The van der Waals surface area contributed by atoms with Gasteiger partial charge in [-0.3, -0.25) is 4.79 Å². The number of nitrogens with two attached hydrogens (primary N) is 1. The molecule has 0 saturated heterocycles. The summed E-state index contributed by atoms with van der Waals surface area (Å²) in [6.07, 6.45) is 4.21. The molecule has 0 saturated carbocycles. The highest BCUT2D eigenvalue weighted by Gasteiger charge is 2.23. The molecule has 6 nitrogen and oxygen atoms in total. The monoisotopic (exact) mass is 309 g/mol. The lowest BCUT2D eigenvalue weighted by atomic mass is 10.1. The zero-order valence-corrected chi connectivity index (χ0v) is 12.8. The first-order chi connectivity index (χ1) is 9.80. The molecule has 1 amide bonds. The Bertz CT molecular complexity index is 651. The van der Waals surface area contributed by atoms with Gasteiger partial charge in [-0.2, -0.15) is 0 Å². The van der Waals surface area contributed by atoms with Gasteiger partial charge < -0.3 is 11.1 Å². The number of hydrogen-bond donors (Lipinski definition) is 2. The summed E-state index contributed by atoms with van der Waals surface area (Å²) < 4.78 is 25.0. The number of carbonyl (C=O) groups excluding carboxylic acids is 1. The van der Waals surface area contributed by atoms with Crippen LogP contribution in [0, 0.1) is 5.92 Å². The van der Waals surface area contributed by atoms with Crippen LogP contribution < -0.4 is 11.1 Å². The number of rotatable bonds is 4. The Hall–Kier alpha value is -1.70. The van der Waals surface area contributed by atoms with E-state index in [9.17, 15) is 13.2 Å². The highest BCUT2D eigenvalue weighted by molar-refractivity contribution is 7.89. The number of hydrogen-bond acceptors (Lipinski definition) is 4. The van der Waals surface area contributed by atoms with Crippen LogP contribution in [0.3, 0.4) is 0 Å². The number of sulfonamides is 1. The predicted octanol–water partition coefficient (Wildman–Crippen LogP) is 0.779. The van der Waals surface area contributed by atoms with Gasteiger partial charge in [0, 0.05) is 25.8 Å². The topological polar surface area (TPSA) is 92.5 Å². The highest BCUT2D eigenvalue weighted by atomic mass is 32.2. The van der Waals surface area contributed by atoms with Crippen LogP contribution in [0.15, 0.2) is 41.3 Å². The van der Waals surface area contributed by atoms with Crippen LogP contribution >= 0.6 is 0 Å². The summed E-state index contributed by atoms with van der Waals surface area (Å²) in [5, 5.41) is 2.76. The summed E-state index contributed by atoms with van der Waals surface area (Å²) in [4.78, 5) is 12.2. The molecule has 1 aliphatic rings. The third kappa shape index (κ3) is 3.49. The van der Waals surface area contributed by atoms with Gasteiger partial charge in [0.15, 0.2) is 0 Å². The first-order valence-electron chi connectivity index (χ1n) is 6.58. The second-order valence-electron chi connectivity index (χ2n) is 5.19. The Morgan fingerprint density at radius 2 is 1.86 bits per heavy atom. The van der Waals surface area contributed by atoms with Gasteiger partial charge >= 0.3 is 0 Å². The number of carbonyl (C=O) groups is 1. The Balaban J connectivity index is 2.07. The van der Waals surface area contributed by atoms with Gasteiger partial charge in [0.2, 0.25) is 15.9 Å². The van der Waals surface area contributed by atoms with Gasteiger partial charge in [0.1, 0.15) is 0 Å². The van der Waals surface area contributed by atoms with Crippen molar-refractivity contribution in [2.75, 3.05) is 19.4 Å². The zero-order chi connectivity index (χ0) is 15.6. The van der Waals surface area contributed by atoms with E-state index in [0.29, 0.717) is 12.1 Å². The van der Waals surface area contributed by atoms with Crippen LogP contribution in [0.2, 0.25) is 0 Å². The average Bonchev–Trinajstić information content (AvgIpc) is 2.86. The maximum absolute atomic E-state index is 12.0. The van der Waals surface area contributed by atoms with E-state index in [-0.39, 0.29) is 22.8 Å². The van der Waals surface area contributed by atoms with Crippen molar-refractivity contribution in [2.45, 2.75) is 17.4 Å². The van der Waals surface area contributed by atoms with Gasteiger partial charge in [0.05, 0.1) is 10.8 Å². The van der Waals surface area contributed by atoms with Crippen LogP contribution in [0.5, 0.6) is 0 Å². The lowest BCUT2D eigenvalue weighted by Crippen LogP contribution is -2.24. The zero-order valence-electron chi connectivity index (χ0n) is 12.0. The normalized spacial score (nSPS) is 21.7. The lowest BCUT2D eigenvalue weighted by Gasteiger charge is -2.13. The largest absolute Gasteiger partial charge is 0.326 e. The molecule has 1 aromatic carbocycles. The van der Waals surface area contributed by atoms with Crippen LogP contribution in [-0.4, -0.2) is 38.8 Å². The van der Waals surface area contributed by atoms with Gasteiger partial charge in [-0.15, -0.1) is 0 Å². The molecule has 1 aromatic rings. The van der Waals surface area contributed by atoms with E-state index in [1.807, 2.05) is 6.08 Å². The Labute approximate surface area is 124 Å². The molecule has 7 heteroatoms. The molecule has 0 heterocycles. The summed E-state index contributed by atoms with van der Waals surface area (Å²) >= 11 is 0. The molecule has 0 bridgehead atoms. The van der Waals surface area contributed by atoms with E-state index < -0.39 is 10.0 Å².